The number of hydrogen-bond acceptors (Lipinski definition) is 4. The predicted octanol–water partition coefficient (Wildman–Crippen LogP) is 2.07. The zero-order valence-electron chi connectivity index (χ0n) is 12.2. The molecule has 6 nitrogen and oxygen atoms in total. The Bertz CT molecular complexity index is 847. The smallest absolute Gasteiger partial charge is 0.251 e. The van der Waals surface area contributed by atoms with Crippen molar-refractivity contribution in [3.05, 3.63) is 77.9 Å². The molecule has 3 aromatic rings. The summed E-state index contributed by atoms with van der Waals surface area (Å²) in [6.45, 7) is 0.374. The van der Waals surface area contributed by atoms with Crippen molar-refractivity contribution in [2.75, 3.05) is 0 Å². The molecule has 1 heterocycles. The van der Waals surface area contributed by atoms with Crippen molar-refractivity contribution >= 4 is 5.91 Å². The van der Waals surface area contributed by atoms with Gasteiger partial charge in [-0.25, -0.2) is 9.67 Å². The van der Waals surface area contributed by atoms with E-state index >= 15 is 0 Å². The maximum Gasteiger partial charge on any atom is 0.251 e. The van der Waals surface area contributed by atoms with Gasteiger partial charge >= 0.3 is 0 Å². The molecule has 0 spiro atoms. The molecule has 0 atom stereocenters. The van der Waals surface area contributed by atoms with Crippen molar-refractivity contribution in [1.29, 1.82) is 5.26 Å². The molecule has 1 amide bonds. The molecule has 112 valence electrons. The van der Waals surface area contributed by atoms with Crippen molar-refractivity contribution in [1.82, 2.24) is 20.1 Å². The molecule has 2 aromatic carbocycles. The number of nitrogens with one attached hydrogen (secondary N) is 1. The fraction of sp³-hybridized carbons (Fsp3) is 0.0588. The molecule has 1 N–H and O–H groups in total. The van der Waals surface area contributed by atoms with E-state index in [0.717, 1.165) is 11.3 Å². The average Bonchev–Trinajstić information content (AvgIpc) is 3.14. The van der Waals surface area contributed by atoms with Gasteiger partial charge in [-0.15, -0.1) is 0 Å². The van der Waals surface area contributed by atoms with Crippen LogP contribution in [0.25, 0.3) is 5.69 Å². The van der Waals surface area contributed by atoms with Crippen LogP contribution in [0.4, 0.5) is 0 Å². The molecule has 0 bridgehead atoms. The van der Waals surface area contributed by atoms with Crippen LogP contribution in [0.15, 0.2) is 61.2 Å². The lowest BCUT2D eigenvalue weighted by Gasteiger charge is -2.07. The van der Waals surface area contributed by atoms with Gasteiger partial charge in [-0.2, -0.15) is 10.4 Å². The Hall–Kier alpha value is -3.46. The van der Waals surface area contributed by atoms with E-state index in [-0.39, 0.29) is 5.91 Å². The largest absolute Gasteiger partial charge is 0.348 e. The standard InChI is InChI=1S/C17H13N5O/c18-9-13-2-1-3-14(8-13)10-20-17(23)15-4-6-16(7-5-15)22-12-19-11-21-22/h1-8,11-12H,10H2,(H,20,23). The molecule has 6 heteroatoms. The molecule has 1 aromatic heterocycles. The van der Waals surface area contributed by atoms with Crippen LogP contribution >= 0.6 is 0 Å². The Morgan fingerprint density at radius 1 is 1.22 bits per heavy atom. The number of aromatic nitrogens is 3. The molecule has 0 radical (unpaired) electrons. The summed E-state index contributed by atoms with van der Waals surface area (Å²) in [7, 11) is 0. The topological polar surface area (TPSA) is 83.6 Å². The first-order valence-corrected chi connectivity index (χ1v) is 6.98. The lowest BCUT2D eigenvalue weighted by Crippen LogP contribution is -2.22. The summed E-state index contributed by atoms with van der Waals surface area (Å²) < 4.78 is 1.62. The van der Waals surface area contributed by atoms with Gasteiger partial charge < -0.3 is 5.32 Å². The van der Waals surface area contributed by atoms with E-state index in [1.54, 1.807) is 53.5 Å². The highest BCUT2D eigenvalue weighted by Gasteiger charge is 2.06. The predicted molar refractivity (Wildman–Crippen MR) is 83.7 cm³/mol. The highest BCUT2D eigenvalue weighted by atomic mass is 16.1. The first kappa shape index (κ1) is 14.5. The first-order chi connectivity index (χ1) is 11.3. The number of nitriles is 1. The molecule has 0 fully saturated rings. The lowest BCUT2D eigenvalue weighted by molar-refractivity contribution is 0.0951. The van der Waals surface area contributed by atoms with Gasteiger partial charge in [0, 0.05) is 12.1 Å². The van der Waals surface area contributed by atoms with E-state index in [1.165, 1.54) is 6.33 Å². The monoisotopic (exact) mass is 303 g/mol. The molecule has 0 saturated heterocycles. The van der Waals surface area contributed by atoms with Crippen LogP contribution in [0.5, 0.6) is 0 Å². The van der Waals surface area contributed by atoms with Crippen LogP contribution in [0.2, 0.25) is 0 Å². The number of nitrogens with zero attached hydrogens (tertiary/aromatic N) is 4. The Morgan fingerprint density at radius 3 is 2.74 bits per heavy atom. The quantitative estimate of drug-likeness (QED) is 0.799. The van der Waals surface area contributed by atoms with Gasteiger partial charge in [0.2, 0.25) is 0 Å². The average molecular weight is 303 g/mol. The molecule has 23 heavy (non-hydrogen) atoms. The Morgan fingerprint density at radius 2 is 2.04 bits per heavy atom. The molecule has 0 aliphatic rings. The van der Waals surface area contributed by atoms with Crippen LogP contribution in [0.1, 0.15) is 21.5 Å². The van der Waals surface area contributed by atoms with E-state index in [1.807, 2.05) is 6.07 Å². The molecule has 0 unspecified atom stereocenters. The van der Waals surface area contributed by atoms with Crippen molar-refractivity contribution < 1.29 is 4.79 Å². The first-order valence-electron chi connectivity index (χ1n) is 6.98. The minimum Gasteiger partial charge on any atom is -0.348 e. The highest BCUT2D eigenvalue weighted by Crippen LogP contribution is 2.09. The number of carbonyl (C=O) groups is 1. The molecule has 3 rings (SSSR count). The molecular weight excluding hydrogens is 290 g/mol. The zero-order chi connectivity index (χ0) is 16.1. The summed E-state index contributed by atoms with van der Waals surface area (Å²) in [6.07, 6.45) is 3.05. The number of rotatable bonds is 4. The van der Waals surface area contributed by atoms with Crippen LogP contribution in [-0.4, -0.2) is 20.7 Å². The summed E-state index contributed by atoms with van der Waals surface area (Å²) in [5.74, 6) is -0.169. The maximum atomic E-state index is 12.2. The molecule has 0 aliphatic heterocycles. The summed E-state index contributed by atoms with van der Waals surface area (Å²) in [4.78, 5) is 16.0. The normalized spacial score (nSPS) is 10.0. The minimum atomic E-state index is -0.169. The second-order valence-corrected chi connectivity index (χ2v) is 4.88. The minimum absolute atomic E-state index is 0.169. The fourth-order valence-electron chi connectivity index (χ4n) is 2.14. The third-order valence-electron chi connectivity index (χ3n) is 3.32. The van der Waals surface area contributed by atoms with Crippen molar-refractivity contribution in [2.45, 2.75) is 6.54 Å². The SMILES string of the molecule is N#Cc1cccc(CNC(=O)c2ccc(-n3cncn3)cc2)c1. The van der Waals surface area contributed by atoms with E-state index in [9.17, 15) is 4.79 Å². The Balaban J connectivity index is 1.65. The molecule has 0 aliphatic carbocycles. The Kier molecular flexibility index (Phi) is 4.11. The summed E-state index contributed by atoms with van der Waals surface area (Å²) >= 11 is 0. The number of carbonyl (C=O) groups excluding carboxylic acids is 1. The van der Waals surface area contributed by atoms with Gasteiger partial charge in [0.05, 0.1) is 17.3 Å². The lowest BCUT2D eigenvalue weighted by atomic mass is 10.1. The third kappa shape index (κ3) is 3.41. The molecular formula is C17H13N5O. The van der Waals surface area contributed by atoms with Crippen molar-refractivity contribution in [3.63, 3.8) is 0 Å². The Labute approximate surface area is 133 Å². The fourth-order valence-corrected chi connectivity index (χ4v) is 2.14. The molecule has 0 saturated carbocycles. The van der Waals surface area contributed by atoms with Crippen LogP contribution < -0.4 is 5.32 Å². The third-order valence-corrected chi connectivity index (χ3v) is 3.32. The van der Waals surface area contributed by atoms with Gasteiger partial charge in [0.1, 0.15) is 12.7 Å². The maximum absolute atomic E-state index is 12.2. The van der Waals surface area contributed by atoms with Crippen molar-refractivity contribution in [2.24, 2.45) is 0 Å². The van der Waals surface area contributed by atoms with Gasteiger partial charge in [0.25, 0.3) is 5.91 Å². The van der Waals surface area contributed by atoms with Crippen LogP contribution in [0, 0.1) is 11.3 Å². The van der Waals surface area contributed by atoms with E-state index in [0.29, 0.717) is 17.7 Å². The summed E-state index contributed by atoms with van der Waals surface area (Å²) in [6, 6.07) is 16.3. The van der Waals surface area contributed by atoms with Gasteiger partial charge in [-0.05, 0) is 42.0 Å². The van der Waals surface area contributed by atoms with Crippen molar-refractivity contribution in [3.8, 4) is 11.8 Å². The summed E-state index contributed by atoms with van der Waals surface area (Å²) in [5.41, 5.74) is 2.86. The van der Waals surface area contributed by atoms with Gasteiger partial charge in [-0.3, -0.25) is 4.79 Å². The highest BCUT2D eigenvalue weighted by molar-refractivity contribution is 5.94. The number of benzene rings is 2. The van der Waals surface area contributed by atoms with E-state index < -0.39 is 0 Å². The zero-order valence-corrected chi connectivity index (χ0v) is 12.2. The second kappa shape index (κ2) is 6.54. The van der Waals surface area contributed by atoms with E-state index in [2.05, 4.69) is 21.5 Å². The van der Waals surface area contributed by atoms with Gasteiger partial charge in [0.15, 0.2) is 0 Å². The summed E-state index contributed by atoms with van der Waals surface area (Å²) in [5, 5.41) is 15.7. The second-order valence-electron chi connectivity index (χ2n) is 4.88. The van der Waals surface area contributed by atoms with Crippen LogP contribution in [-0.2, 0) is 6.54 Å². The number of amides is 1. The van der Waals surface area contributed by atoms with Crippen LogP contribution in [0.3, 0.4) is 0 Å². The number of hydrogen-bond donors (Lipinski definition) is 1. The van der Waals surface area contributed by atoms with E-state index in [4.69, 9.17) is 5.26 Å². The van der Waals surface area contributed by atoms with Gasteiger partial charge in [-0.1, -0.05) is 12.1 Å².